The second-order valence-electron chi connectivity index (χ2n) is 3.49. The zero-order valence-corrected chi connectivity index (χ0v) is 7.20. The molecule has 12 heavy (non-hydrogen) atoms. The van der Waals surface area contributed by atoms with Crippen LogP contribution in [0.15, 0.2) is 28.8 Å². The van der Waals surface area contributed by atoms with Crippen molar-refractivity contribution in [3.05, 3.63) is 23.8 Å². The molecule has 0 bridgehead atoms. The minimum absolute atomic E-state index is 0.0168. The fourth-order valence-corrected chi connectivity index (χ4v) is 1.06. The number of ether oxygens (including phenoxy) is 2. The van der Waals surface area contributed by atoms with Gasteiger partial charge in [0.15, 0.2) is 5.76 Å². The fourth-order valence-electron chi connectivity index (χ4n) is 1.06. The van der Waals surface area contributed by atoms with Crippen molar-refractivity contribution in [2.45, 2.75) is 13.8 Å². The number of aliphatic imine (C=N–C) groups is 1. The van der Waals surface area contributed by atoms with Gasteiger partial charge in [0.2, 0.25) is 6.79 Å². The largest absolute Gasteiger partial charge is 0.452 e. The van der Waals surface area contributed by atoms with Crippen LogP contribution in [0.2, 0.25) is 0 Å². The molecule has 64 valence electrons. The Morgan fingerprint density at radius 2 is 2.25 bits per heavy atom. The van der Waals surface area contributed by atoms with E-state index in [1.165, 1.54) is 0 Å². The molecular weight excluding hydrogens is 154 g/mol. The van der Waals surface area contributed by atoms with Gasteiger partial charge in [-0.1, -0.05) is 19.9 Å². The topological polar surface area (TPSA) is 30.8 Å². The van der Waals surface area contributed by atoms with Crippen molar-refractivity contribution in [3.8, 4) is 0 Å². The van der Waals surface area contributed by atoms with Crippen LogP contribution in [0.1, 0.15) is 13.8 Å². The lowest BCUT2D eigenvalue weighted by Gasteiger charge is -2.11. The molecule has 0 unspecified atom stereocenters. The fraction of sp³-hybridized carbons (Fsp3) is 0.444. The molecule has 2 aliphatic rings. The van der Waals surface area contributed by atoms with Crippen LogP contribution < -0.4 is 0 Å². The van der Waals surface area contributed by atoms with Crippen LogP contribution in [0.4, 0.5) is 0 Å². The van der Waals surface area contributed by atoms with Crippen molar-refractivity contribution < 1.29 is 9.47 Å². The summed E-state index contributed by atoms with van der Waals surface area (Å²) in [7, 11) is 0. The first-order valence-electron chi connectivity index (χ1n) is 3.92. The predicted octanol–water partition coefficient (Wildman–Crippen LogP) is 1.83. The van der Waals surface area contributed by atoms with Crippen LogP contribution in [-0.2, 0) is 9.47 Å². The van der Waals surface area contributed by atoms with Crippen LogP contribution in [0.5, 0.6) is 0 Å². The molecule has 0 aromatic carbocycles. The monoisotopic (exact) mass is 165 g/mol. The second kappa shape index (κ2) is 2.37. The van der Waals surface area contributed by atoms with Gasteiger partial charge in [0, 0.05) is 11.6 Å². The van der Waals surface area contributed by atoms with Gasteiger partial charge in [0.1, 0.15) is 0 Å². The van der Waals surface area contributed by atoms with Crippen molar-refractivity contribution in [1.29, 1.82) is 0 Å². The van der Waals surface area contributed by atoms with Gasteiger partial charge in [-0.25, -0.2) is 4.99 Å². The molecule has 2 rings (SSSR count). The summed E-state index contributed by atoms with van der Waals surface area (Å²) in [6, 6.07) is 0. The highest BCUT2D eigenvalue weighted by molar-refractivity contribution is 5.69. The van der Waals surface area contributed by atoms with E-state index in [1.54, 1.807) is 0 Å². The van der Waals surface area contributed by atoms with Crippen LogP contribution in [-0.4, -0.2) is 13.0 Å². The van der Waals surface area contributed by atoms with E-state index in [0.29, 0.717) is 5.88 Å². The summed E-state index contributed by atoms with van der Waals surface area (Å²) in [5, 5.41) is 0. The number of hydrogen-bond acceptors (Lipinski definition) is 3. The Hall–Kier alpha value is -1.25. The molecule has 3 nitrogen and oxygen atoms in total. The first kappa shape index (κ1) is 7.40. The average Bonchev–Trinajstić information content (AvgIpc) is 2.40. The molecule has 0 saturated heterocycles. The highest BCUT2D eigenvalue weighted by atomic mass is 16.7. The molecule has 0 aromatic rings. The molecule has 0 aromatic heterocycles. The molecule has 0 saturated carbocycles. The zero-order valence-electron chi connectivity index (χ0n) is 7.20. The minimum Gasteiger partial charge on any atom is -0.452 e. The number of rotatable bonds is 0. The predicted molar refractivity (Wildman–Crippen MR) is 45.5 cm³/mol. The molecule has 2 heterocycles. The van der Waals surface area contributed by atoms with Gasteiger partial charge in [-0.15, -0.1) is 0 Å². The van der Waals surface area contributed by atoms with Gasteiger partial charge in [0.25, 0.3) is 5.88 Å². The highest BCUT2D eigenvalue weighted by Crippen LogP contribution is 2.25. The Bertz CT molecular complexity index is 261. The molecule has 0 N–H and O–H groups in total. The number of allylic oxidation sites excluding steroid dienone is 2. The first-order valence-corrected chi connectivity index (χ1v) is 3.92. The summed E-state index contributed by atoms with van der Waals surface area (Å²) in [4.78, 5) is 4.18. The molecular formula is C9H11NO2. The van der Waals surface area contributed by atoms with Gasteiger partial charge in [0.05, 0.1) is 0 Å². The summed E-state index contributed by atoms with van der Waals surface area (Å²) in [6.07, 6.45) is 5.82. The Balaban J connectivity index is 2.34. The van der Waals surface area contributed by atoms with Crippen LogP contribution >= 0.6 is 0 Å². The Morgan fingerprint density at radius 3 is 3.08 bits per heavy atom. The molecule has 0 fully saturated rings. The number of nitrogens with zero attached hydrogens (tertiary/aromatic N) is 1. The van der Waals surface area contributed by atoms with Gasteiger partial charge >= 0.3 is 0 Å². The SMILES string of the molecule is CC1(C)C=CC2=C(N=C1)OCO2. The van der Waals surface area contributed by atoms with Crippen LogP contribution in [0, 0.1) is 5.41 Å². The summed E-state index contributed by atoms with van der Waals surface area (Å²) >= 11 is 0. The van der Waals surface area contributed by atoms with E-state index in [0.717, 1.165) is 5.76 Å². The second-order valence-corrected chi connectivity index (χ2v) is 3.49. The van der Waals surface area contributed by atoms with Crippen LogP contribution in [0.3, 0.4) is 0 Å². The maximum absolute atomic E-state index is 5.19. The third kappa shape index (κ3) is 1.22. The molecule has 0 aliphatic carbocycles. The summed E-state index contributed by atoms with van der Waals surface area (Å²) in [6.45, 7) is 4.44. The quantitative estimate of drug-likeness (QED) is 0.548. The van der Waals surface area contributed by atoms with Crippen molar-refractivity contribution in [2.24, 2.45) is 10.4 Å². The summed E-state index contributed by atoms with van der Waals surface area (Å²) in [5.41, 5.74) is -0.0168. The third-order valence-electron chi connectivity index (χ3n) is 1.80. The number of hydrogen-bond donors (Lipinski definition) is 0. The Kier molecular flexibility index (Phi) is 1.46. The molecule has 0 atom stereocenters. The van der Waals surface area contributed by atoms with Gasteiger partial charge in [-0.2, -0.15) is 0 Å². The van der Waals surface area contributed by atoms with E-state index in [-0.39, 0.29) is 12.2 Å². The van der Waals surface area contributed by atoms with E-state index in [2.05, 4.69) is 18.8 Å². The first-order chi connectivity index (χ1) is 5.67. The Labute approximate surface area is 71.4 Å². The minimum atomic E-state index is -0.0168. The van der Waals surface area contributed by atoms with E-state index in [4.69, 9.17) is 9.47 Å². The molecule has 0 radical (unpaired) electrons. The van der Waals surface area contributed by atoms with E-state index in [9.17, 15) is 0 Å². The van der Waals surface area contributed by atoms with E-state index < -0.39 is 0 Å². The van der Waals surface area contributed by atoms with E-state index in [1.807, 2.05) is 18.4 Å². The maximum atomic E-state index is 5.19. The van der Waals surface area contributed by atoms with Crippen molar-refractivity contribution in [2.75, 3.05) is 6.79 Å². The van der Waals surface area contributed by atoms with Crippen molar-refractivity contribution in [3.63, 3.8) is 0 Å². The lowest BCUT2D eigenvalue weighted by Crippen LogP contribution is -2.08. The van der Waals surface area contributed by atoms with Gasteiger partial charge in [-0.3, -0.25) is 0 Å². The summed E-state index contributed by atoms with van der Waals surface area (Å²) < 4.78 is 10.3. The smallest absolute Gasteiger partial charge is 0.259 e. The third-order valence-corrected chi connectivity index (χ3v) is 1.80. The summed E-state index contributed by atoms with van der Waals surface area (Å²) in [5.74, 6) is 1.33. The zero-order chi connectivity index (χ0) is 8.60. The lowest BCUT2D eigenvalue weighted by atomic mass is 9.95. The van der Waals surface area contributed by atoms with Gasteiger partial charge in [-0.05, 0) is 6.08 Å². The molecule has 2 aliphatic heterocycles. The average molecular weight is 165 g/mol. The van der Waals surface area contributed by atoms with Crippen molar-refractivity contribution in [1.82, 2.24) is 0 Å². The molecule has 0 amide bonds. The molecule has 3 heteroatoms. The lowest BCUT2D eigenvalue weighted by molar-refractivity contribution is 0.0737. The van der Waals surface area contributed by atoms with Gasteiger partial charge < -0.3 is 9.47 Å². The van der Waals surface area contributed by atoms with E-state index >= 15 is 0 Å². The van der Waals surface area contributed by atoms with Crippen molar-refractivity contribution >= 4 is 6.21 Å². The Morgan fingerprint density at radius 1 is 1.42 bits per heavy atom. The highest BCUT2D eigenvalue weighted by Gasteiger charge is 2.20. The molecule has 0 spiro atoms. The normalized spacial score (nSPS) is 24.5. The maximum Gasteiger partial charge on any atom is 0.259 e. The van der Waals surface area contributed by atoms with Crippen LogP contribution in [0.25, 0.3) is 0 Å². The standard InChI is InChI=1S/C9H11NO2/c1-9(2)4-3-7-8(10-5-9)12-6-11-7/h3-5H,6H2,1-2H3.